The van der Waals surface area contributed by atoms with Crippen LogP contribution in [0.5, 0.6) is 11.5 Å². The molecule has 0 aliphatic carbocycles. The van der Waals surface area contributed by atoms with Gasteiger partial charge in [-0.2, -0.15) is 0 Å². The van der Waals surface area contributed by atoms with E-state index in [-0.39, 0.29) is 10.7 Å². The number of hydrogen-bond acceptors (Lipinski definition) is 5. The lowest BCUT2D eigenvalue weighted by Crippen LogP contribution is -2.54. The van der Waals surface area contributed by atoms with Crippen LogP contribution < -0.4 is 19.7 Å². The highest BCUT2D eigenvalue weighted by Gasteiger charge is 2.34. The molecule has 0 bridgehead atoms. The number of carbonyl (C=O) groups is 2. The van der Waals surface area contributed by atoms with Gasteiger partial charge in [0, 0.05) is 5.02 Å². The number of anilines is 1. The van der Waals surface area contributed by atoms with Crippen LogP contribution in [0.1, 0.15) is 5.56 Å². The molecule has 1 N–H and O–H groups in total. The number of nitrogens with one attached hydrogen (secondary N) is 1. The Labute approximate surface area is 180 Å². The molecule has 1 saturated heterocycles. The second-order valence-corrected chi connectivity index (χ2v) is 7.29. The number of methoxy groups -OCH3 is 2. The van der Waals surface area contributed by atoms with E-state index in [2.05, 4.69) is 21.2 Å². The topological polar surface area (TPSA) is 67.9 Å². The first-order valence-corrected chi connectivity index (χ1v) is 9.52. The molecule has 0 radical (unpaired) electrons. The maximum atomic E-state index is 13.0. The van der Waals surface area contributed by atoms with Crippen LogP contribution in [0.4, 0.5) is 5.69 Å². The summed E-state index contributed by atoms with van der Waals surface area (Å²) in [7, 11) is 3.02. The molecule has 1 aliphatic rings. The molecular formula is C19H14BrClN2O4S. The van der Waals surface area contributed by atoms with Gasteiger partial charge in [0.05, 0.1) is 19.9 Å². The summed E-state index contributed by atoms with van der Waals surface area (Å²) in [5.74, 6) is -0.127. The Kier molecular flexibility index (Phi) is 6.02. The average molecular weight is 482 g/mol. The number of thiocarbonyl (C=S) groups is 1. The number of ether oxygens (including phenoxy) is 2. The SMILES string of the molecule is COc1cc(/C=C2\C(=O)NC(=S)N(c3ccc(Cl)cc3)C2=O)cc(OC)c1Br. The Balaban J connectivity index is 2.05. The fourth-order valence-electron chi connectivity index (χ4n) is 2.62. The molecule has 0 aromatic heterocycles. The molecule has 9 heteroatoms. The number of hydrogen-bond donors (Lipinski definition) is 1. The molecule has 2 aromatic carbocycles. The van der Waals surface area contributed by atoms with Crippen LogP contribution >= 0.6 is 39.7 Å². The second-order valence-electron chi connectivity index (χ2n) is 5.67. The first-order chi connectivity index (χ1) is 13.3. The molecule has 1 fully saturated rings. The predicted octanol–water partition coefficient (Wildman–Crippen LogP) is 3.95. The monoisotopic (exact) mass is 480 g/mol. The van der Waals surface area contributed by atoms with Crippen molar-refractivity contribution in [2.45, 2.75) is 0 Å². The molecule has 0 saturated carbocycles. The molecule has 144 valence electrons. The first-order valence-electron chi connectivity index (χ1n) is 7.94. The summed E-state index contributed by atoms with van der Waals surface area (Å²) in [5, 5.41) is 3.06. The molecule has 1 aliphatic heterocycles. The van der Waals surface area contributed by atoms with Crippen molar-refractivity contribution in [1.29, 1.82) is 0 Å². The highest BCUT2D eigenvalue weighted by molar-refractivity contribution is 9.10. The first kappa shape index (κ1) is 20.3. The van der Waals surface area contributed by atoms with Crippen molar-refractivity contribution in [3.8, 4) is 11.5 Å². The number of benzene rings is 2. The fraction of sp³-hybridized carbons (Fsp3) is 0.105. The van der Waals surface area contributed by atoms with E-state index in [0.717, 1.165) is 0 Å². The fourth-order valence-corrected chi connectivity index (χ4v) is 3.58. The van der Waals surface area contributed by atoms with Gasteiger partial charge in [0.25, 0.3) is 11.8 Å². The Bertz CT molecular complexity index is 982. The van der Waals surface area contributed by atoms with Gasteiger partial charge in [-0.1, -0.05) is 11.6 Å². The summed E-state index contributed by atoms with van der Waals surface area (Å²) in [4.78, 5) is 26.7. The van der Waals surface area contributed by atoms with Crippen molar-refractivity contribution in [2.24, 2.45) is 0 Å². The predicted molar refractivity (Wildman–Crippen MR) is 115 cm³/mol. The molecular weight excluding hydrogens is 468 g/mol. The molecule has 0 unspecified atom stereocenters. The Morgan fingerprint density at radius 1 is 1.11 bits per heavy atom. The number of nitrogens with zero attached hydrogens (tertiary/aromatic N) is 1. The third-order valence-corrected chi connectivity index (χ3v) is 5.28. The molecule has 2 aromatic rings. The smallest absolute Gasteiger partial charge is 0.270 e. The molecule has 1 heterocycles. The Hall–Kier alpha value is -2.42. The van der Waals surface area contributed by atoms with Gasteiger partial charge >= 0.3 is 0 Å². The summed E-state index contributed by atoms with van der Waals surface area (Å²) in [6, 6.07) is 9.92. The third kappa shape index (κ3) is 3.89. The van der Waals surface area contributed by atoms with Crippen LogP contribution in [0.3, 0.4) is 0 Å². The zero-order valence-corrected chi connectivity index (χ0v) is 17.9. The van der Waals surface area contributed by atoms with Crippen molar-refractivity contribution < 1.29 is 19.1 Å². The van der Waals surface area contributed by atoms with Crippen molar-refractivity contribution in [2.75, 3.05) is 19.1 Å². The summed E-state index contributed by atoms with van der Waals surface area (Å²) < 4.78 is 11.2. The standard InChI is InChI=1S/C19H14BrClN2O4S/c1-26-14-8-10(9-15(27-2)16(14)20)7-13-17(24)22-19(28)23(18(13)25)12-5-3-11(21)4-6-12/h3-9H,1-2H3,(H,22,24,28)/b13-7+. The molecule has 0 spiro atoms. The van der Waals surface area contributed by atoms with E-state index in [1.807, 2.05) is 0 Å². The van der Waals surface area contributed by atoms with Crippen molar-refractivity contribution >= 4 is 68.4 Å². The van der Waals surface area contributed by atoms with Crippen molar-refractivity contribution in [3.05, 3.63) is 57.0 Å². The largest absolute Gasteiger partial charge is 0.495 e. The van der Waals surface area contributed by atoms with E-state index in [1.54, 1.807) is 36.4 Å². The van der Waals surface area contributed by atoms with Gasteiger partial charge in [0.1, 0.15) is 21.5 Å². The van der Waals surface area contributed by atoms with Gasteiger partial charge in [0.2, 0.25) is 0 Å². The van der Waals surface area contributed by atoms with Gasteiger partial charge in [-0.15, -0.1) is 0 Å². The van der Waals surface area contributed by atoms with Crippen LogP contribution in [0, 0.1) is 0 Å². The lowest BCUT2D eigenvalue weighted by Gasteiger charge is -2.29. The summed E-state index contributed by atoms with van der Waals surface area (Å²) in [5.41, 5.74) is 0.977. The van der Waals surface area contributed by atoms with Crippen LogP contribution in [0.15, 0.2) is 46.4 Å². The third-order valence-electron chi connectivity index (χ3n) is 3.97. The molecule has 28 heavy (non-hydrogen) atoms. The lowest BCUT2D eigenvalue weighted by molar-refractivity contribution is -0.122. The van der Waals surface area contributed by atoms with Crippen molar-refractivity contribution in [1.82, 2.24) is 5.32 Å². The maximum Gasteiger partial charge on any atom is 0.270 e. The second kappa shape index (κ2) is 8.30. The van der Waals surface area contributed by atoms with Crippen LogP contribution in [0.25, 0.3) is 6.08 Å². The molecule has 6 nitrogen and oxygen atoms in total. The van der Waals surface area contributed by atoms with E-state index < -0.39 is 11.8 Å². The minimum Gasteiger partial charge on any atom is -0.495 e. The van der Waals surface area contributed by atoms with E-state index >= 15 is 0 Å². The van der Waals surface area contributed by atoms with E-state index in [4.69, 9.17) is 33.3 Å². The van der Waals surface area contributed by atoms with Crippen LogP contribution in [0.2, 0.25) is 5.02 Å². The molecule has 2 amide bonds. The number of rotatable bonds is 4. The van der Waals surface area contributed by atoms with Gasteiger partial charge in [-0.3, -0.25) is 19.8 Å². The summed E-state index contributed by atoms with van der Waals surface area (Å²) >= 11 is 14.5. The van der Waals surface area contributed by atoms with E-state index in [0.29, 0.717) is 32.2 Å². The molecule has 0 atom stereocenters. The zero-order chi connectivity index (χ0) is 20.4. The number of carbonyl (C=O) groups excluding carboxylic acids is 2. The minimum atomic E-state index is -0.582. The highest BCUT2D eigenvalue weighted by atomic mass is 79.9. The Morgan fingerprint density at radius 2 is 1.68 bits per heavy atom. The van der Waals surface area contributed by atoms with Gasteiger partial charge in [0.15, 0.2) is 5.11 Å². The van der Waals surface area contributed by atoms with E-state index in [9.17, 15) is 9.59 Å². The maximum absolute atomic E-state index is 13.0. The van der Waals surface area contributed by atoms with Crippen LogP contribution in [-0.2, 0) is 9.59 Å². The van der Waals surface area contributed by atoms with Crippen LogP contribution in [-0.4, -0.2) is 31.1 Å². The van der Waals surface area contributed by atoms with Crippen molar-refractivity contribution in [3.63, 3.8) is 0 Å². The molecule has 3 rings (SSSR count). The van der Waals surface area contributed by atoms with E-state index in [1.165, 1.54) is 25.2 Å². The minimum absolute atomic E-state index is 0.000407. The number of amides is 2. The summed E-state index contributed by atoms with van der Waals surface area (Å²) in [6.45, 7) is 0. The lowest BCUT2D eigenvalue weighted by atomic mass is 10.1. The highest BCUT2D eigenvalue weighted by Crippen LogP contribution is 2.36. The average Bonchev–Trinajstić information content (AvgIpc) is 2.67. The Morgan fingerprint density at radius 3 is 2.21 bits per heavy atom. The van der Waals surface area contributed by atoms with Gasteiger partial charge in [-0.05, 0) is 76.2 Å². The van der Waals surface area contributed by atoms with Gasteiger partial charge in [-0.25, -0.2) is 0 Å². The normalized spacial score (nSPS) is 15.6. The zero-order valence-electron chi connectivity index (χ0n) is 14.8. The quantitative estimate of drug-likeness (QED) is 0.407. The number of halogens is 2. The van der Waals surface area contributed by atoms with Gasteiger partial charge < -0.3 is 9.47 Å². The summed E-state index contributed by atoms with van der Waals surface area (Å²) in [6.07, 6.45) is 1.46.